The first-order chi connectivity index (χ1) is 13.6. The maximum absolute atomic E-state index is 13.2. The highest BCUT2D eigenvalue weighted by Gasteiger charge is 2.44. The van der Waals surface area contributed by atoms with E-state index < -0.39 is 16.9 Å². The maximum Gasteiger partial charge on any atom is 0.269 e. The summed E-state index contributed by atoms with van der Waals surface area (Å²) in [7, 11) is 0. The van der Waals surface area contributed by atoms with Crippen LogP contribution in [-0.2, 0) is 4.79 Å². The van der Waals surface area contributed by atoms with Crippen LogP contribution in [0.25, 0.3) is 0 Å². The van der Waals surface area contributed by atoms with Crippen molar-refractivity contribution in [1.82, 2.24) is 14.8 Å². The largest absolute Gasteiger partial charge is 0.299 e. The molecule has 28 heavy (non-hydrogen) atoms. The molecule has 9 heteroatoms. The molecule has 0 saturated heterocycles. The van der Waals surface area contributed by atoms with Crippen LogP contribution in [0.5, 0.6) is 0 Å². The summed E-state index contributed by atoms with van der Waals surface area (Å²) in [5.41, 5.74) is 1.44. The van der Waals surface area contributed by atoms with Crippen molar-refractivity contribution in [2.24, 2.45) is 10.9 Å². The van der Waals surface area contributed by atoms with Gasteiger partial charge in [0.15, 0.2) is 0 Å². The zero-order valence-electron chi connectivity index (χ0n) is 14.6. The highest BCUT2D eigenvalue weighted by atomic mass is 32.1. The van der Waals surface area contributed by atoms with Crippen molar-refractivity contribution in [3.05, 3.63) is 68.7 Å². The third-order valence-corrected chi connectivity index (χ3v) is 6.39. The van der Waals surface area contributed by atoms with Gasteiger partial charge in [0, 0.05) is 35.1 Å². The minimum atomic E-state index is -0.479. The Morgan fingerprint density at radius 3 is 2.89 bits per heavy atom. The van der Waals surface area contributed by atoms with Gasteiger partial charge in [0.05, 0.1) is 16.9 Å². The number of carbonyl (C=O) groups is 1. The molecule has 2 aliphatic rings. The van der Waals surface area contributed by atoms with Gasteiger partial charge >= 0.3 is 0 Å². The van der Waals surface area contributed by atoms with Gasteiger partial charge in [-0.1, -0.05) is 18.2 Å². The van der Waals surface area contributed by atoms with Gasteiger partial charge in [0.1, 0.15) is 12.1 Å². The first-order valence-corrected chi connectivity index (χ1v) is 9.77. The molecular formula is C19H15N5O3S. The fourth-order valence-corrected chi connectivity index (χ4v) is 4.98. The van der Waals surface area contributed by atoms with E-state index in [2.05, 4.69) is 15.1 Å². The number of thiophene rings is 1. The summed E-state index contributed by atoms with van der Waals surface area (Å²) < 4.78 is 1.61. The fourth-order valence-electron chi connectivity index (χ4n) is 4.15. The smallest absolute Gasteiger partial charge is 0.269 e. The molecule has 2 aromatic heterocycles. The number of non-ortho nitro benzene ring substituents is 1. The quantitative estimate of drug-likeness (QED) is 0.499. The number of benzene rings is 1. The summed E-state index contributed by atoms with van der Waals surface area (Å²) in [6.45, 7) is 0. The SMILES string of the molecule is O=C1CC(c2cccs2)CC2=Nc3ncnn3C(c3cccc([N+](=O)[O-])c3)C12. The molecule has 0 bridgehead atoms. The van der Waals surface area contributed by atoms with Gasteiger partial charge in [-0.3, -0.25) is 14.9 Å². The Morgan fingerprint density at radius 2 is 2.11 bits per heavy atom. The molecule has 5 rings (SSSR count). The number of ketones is 1. The molecule has 3 heterocycles. The van der Waals surface area contributed by atoms with E-state index in [0.29, 0.717) is 24.4 Å². The highest BCUT2D eigenvalue weighted by molar-refractivity contribution is 7.10. The lowest BCUT2D eigenvalue weighted by Gasteiger charge is -2.36. The van der Waals surface area contributed by atoms with E-state index >= 15 is 0 Å². The second-order valence-electron chi connectivity index (χ2n) is 6.97. The molecule has 140 valence electrons. The van der Waals surface area contributed by atoms with Crippen LogP contribution in [0.1, 0.15) is 35.2 Å². The molecule has 1 fully saturated rings. The lowest BCUT2D eigenvalue weighted by atomic mass is 9.73. The van der Waals surface area contributed by atoms with Crippen molar-refractivity contribution in [2.75, 3.05) is 0 Å². The van der Waals surface area contributed by atoms with E-state index in [9.17, 15) is 14.9 Å². The van der Waals surface area contributed by atoms with Crippen LogP contribution in [0.2, 0.25) is 0 Å². The number of aliphatic imine (C=N–C) groups is 1. The lowest BCUT2D eigenvalue weighted by Crippen LogP contribution is -2.41. The van der Waals surface area contributed by atoms with E-state index in [1.54, 1.807) is 28.2 Å². The number of carbonyl (C=O) groups excluding carboxylic acids is 1. The minimum absolute atomic E-state index is 0.0112. The maximum atomic E-state index is 13.2. The van der Waals surface area contributed by atoms with Crippen molar-refractivity contribution >= 4 is 34.5 Å². The second kappa shape index (κ2) is 6.45. The number of nitro groups is 1. The first kappa shape index (κ1) is 16.9. The van der Waals surface area contributed by atoms with E-state index in [-0.39, 0.29) is 17.4 Å². The molecule has 0 N–H and O–H groups in total. The van der Waals surface area contributed by atoms with Gasteiger partial charge in [-0.2, -0.15) is 10.1 Å². The van der Waals surface area contributed by atoms with Crippen LogP contribution in [-0.4, -0.2) is 31.2 Å². The van der Waals surface area contributed by atoms with E-state index in [0.717, 1.165) is 5.71 Å². The number of hydrogen-bond acceptors (Lipinski definition) is 7. The van der Waals surface area contributed by atoms with Crippen LogP contribution >= 0.6 is 11.3 Å². The van der Waals surface area contributed by atoms with Crippen LogP contribution in [0.4, 0.5) is 11.6 Å². The van der Waals surface area contributed by atoms with Gasteiger partial charge in [-0.05, 0) is 23.4 Å². The number of aromatic nitrogens is 3. The molecular weight excluding hydrogens is 378 g/mol. The van der Waals surface area contributed by atoms with Gasteiger partial charge in [-0.25, -0.2) is 9.67 Å². The summed E-state index contributed by atoms with van der Waals surface area (Å²) in [5, 5.41) is 17.5. The molecule has 1 aromatic carbocycles. The molecule has 3 unspecified atom stereocenters. The average molecular weight is 393 g/mol. The molecule has 0 amide bonds. The monoisotopic (exact) mass is 393 g/mol. The fraction of sp³-hybridized carbons (Fsp3) is 0.263. The van der Waals surface area contributed by atoms with Gasteiger partial charge in [0.25, 0.3) is 5.69 Å². The van der Waals surface area contributed by atoms with E-state index in [1.165, 1.54) is 23.3 Å². The standard InChI is InChI=1S/C19H15N5O3S/c25-15-9-12(16-5-2-6-28-16)8-14-17(15)18(23-19(22-14)20-10-21-23)11-3-1-4-13(7-11)24(26)27/h1-7,10,12,17-18H,8-9H2. The van der Waals surface area contributed by atoms with Gasteiger partial charge in [-0.15, -0.1) is 11.3 Å². The number of rotatable bonds is 3. The van der Waals surface area contributed by atoms with E-state index in [4.69, 9.17) is 0 Å². The van der Waals surface area contributed by atoms with Gasteiger partial charge in [0.2, 0.25) is 5.95 Å². The summed E-state index contributed by atoms with van der Waals surface area (Å²) in [5.74, 6) is 0.151. The van der Waals surface area contributed by atoms with Crippen LogP contribution in [0, 0.1) is 16.0 Å². The van der Waals surface area contributed by atoms with Crippen LogP contribution < -0.4 is 0 Å². The summed E-state index contributed by atoms with van der Waals surface area (Å²) in [6, 6.07) is 9.95. The normalized spacial score (nSPS) is 23.6. The van der Waals surface area contributed by atoms with Crippen molar-refractivity contribution in [1.29, 1.82) is 0 Å². The van der Waals surface area contributed by atoms with Crippen molar-refractivity contribution in [2.45, 2.75) is 24.8 Å². The highest BCUT2D eigenvalue weighted by Crippen LogP contribution is 2.44. The Morgan fingerprint density at radius 1 is 1.21 bits per heavy atom. The third-order valence-electron chi connectivity index (χ3n) is 5.35. The van der Waals surface area contributed by atoms with Crippen molar-refractivity contribution < 1.29 is 9.72 Å². The molecule has 1 saturated carbocycles. The summed E-state index contributed by atoms with van der Waals surface area (Å²) in [6.07, 6.45) is 2.51. The molecule has 3 aromatic rings. The predicted molar refractivity (Wildman–Crippen MR) is 103 cm³/mol. The summed E-state index contributed by atoms with van der Waals surface area (Å²) in [4.78, 5) is 34.0. The molecule has 0 spiro atoms. The lowest BCUT2D eigenvalue weighted by molar-refractivity contribution is -0.384. The Labute approximate surface area is 163 Å². The number of nitro benzene ring substituents is 1. The van der Waals surface area contributed by atoms with Crippen LogP contribution in [0.15, 0.2) is 53.1 Å². The Kier molecular flexibility index (Phi) is 3.90. The van der Waals surface area contributed by atoms with Crippen LogP contribution in [0.3, 0.4) is 0 Å². The van der Waals surface area contributed by atoms with Gasteiger partial charge < -0.3 is 0 Å². The first-order valence-electron chi connectivity index (χ1n) is 8.89. The third kappa shape index (κ3) is 2.66. The average Bonchev–Trinajstić information content (AvgIpc) is 3.38. The zero-order chi connectivity index (χ0) is 19.3. The molecule has 3 atom stereocenters. The van der Waals surface area contributed by atoms with Crippen molar-refractivity contribution in [3.63, 3.8) is 0 Å². The topological polar surface area (TPSA) is 103 Å². The molecule has 1 aliphatic carbocycles. The predicted octanol–water partition coefficient (Wildman–Crippen LogP) is 3.69. The minimum Gasteiger partial charge on any atom is -0.299 e. The number of Topliss-reactive ketones (excluding diaryl/α,β-unsaturated/α-hetero) is 1. The zero-order valence-corrected chi connectivity index (χ0v) is 15.5. The summed E-state index contributed by atoms with van der Waals surface area (Å²) >= 11 is 1.65. The Bertz CT molecular complexity index is 1100. The number of nitrogens with zero attached hydrogens (tertiary/aromatic N) is 5. The second-order valence-corrected chi connectivity index (χ2v) is 7.95. The number of hydrogen-bond donors (Lipinski definition) is 0. The Hall–Kier alpha value is -3.20. The molecule has 1 aliphatic heterocycles. The Balaban J connectivity index is 1.60. The van der Waals surface area contributed by atoms with Crippen molar-refractivity contribution in [3.8, 4) is 0 Å². The molecule has 8 nitrogen and oxygen atoms in total. The van der Waals surface area contributed by atoms with E-state index in [1.807, 2.05) is 17.5 Å². The number of fused-ring (bicyclic) bond motifs is 2. The molecule has 0 radical (unpaired) electrons.